The number of carbonyl (C=O) groups is 2. The van der Waals surface area contributed by atoms with Crippen molar-refractivity contribution in [3.8, 4) is 0 Å². The van der Waals surface area contributed by atoms with Crippen LogP contribution in [0.1, 0.15) is 51.5 Å². The largest absolute Gasteiger partial charge is 0.333 e. The van der Waals surface area contributed by atoms with Crippen LogP contribution in [0.4, 0.5) is 4.79 Å². The van der Waals surface area contributed by atoms with Gasteiger partial charge < -0.3 is 5.32 Å². The summed E-state index contributed by atoms with van der Waals surface area (Å²) in [5.41, 5.74) is 0.946. The molecule has 0 fully saturated rings. The van der Waals surface area contributed by atoms with E-state index in [4.69, 9.17) is 0 Å². The number of amides is 3. The van der Waals surface area contributed by atoms with Crippen molar-refractivity contribution in [2.75, 3.05) is 0 Å². The van der Waals surface area contributed by atoms with Crippen LogP contribution >= 0.6 is 23.1 Å². The molecule has 2 heterocycles. The number of carbonyl (C=O) groups excluding carboxylic acids is 2. The summed E-state index contributed by atoms with van der Waals surface area (Å²) in [7, 11) is 0. The highest BCUT2D eigenvalue weighted by Gasteiger charge is 2.26. The Morgan fingerprint density at radius 1 is 1.33 bits per heavy atom. The maximum atomic E-state index is 12.4. The molecule has 6 nitrogen and oxygen atoms in total. The fraction of sp³-hybridized carbons (Fsp3) is 0.579. The highest BCUT2D eigenvalue weighted by molar-refractivity contribution is 8.00. The van der Waals surface area contributed by atoms with E-state index < -0.39 is 16.8 Å². The summed E-state index contributed by atoms with van der Waals surface area (Å²) in [5, 5.41) is 6.63. The van der Waals surface area contributed by atoms with E-state index in [1.807, 2.05) is 20.8 Å². The van der Waals surface area contributed by atoms with E-state index in [1.54, 1.807) is 24.6 Å². The molecule has 2 N–H and O–H groups in total. The minimum atomic E-state index is -0.477. The Morgan fingerprint density at radius 3 is 2.78 bits per heavy atom. The molecule has 0 spiro atoms. The van der Waals surface area contributed by atoms with Crippen molar-refractivity contribution < 1.29 is 9.59 Å². The lowest BCUT2D eigenvalue weighted by Crippen LogP contribution is -2.49. The smallest absolute Gasteiger partial charge is 0.321 e. The number of thioether (sulfide) groups is 1. The highest BCUT2D eigenvalue weighted by Crippen LogP contribution is 2.41. The van der Waals surface area contributed by atoms with E-state index in [9.17, 15) is 9.59 Å². The van der Waals surface area contributed by atoms with E-state index in [-0.39, 0.29) is 5.91 Å². The zero-order chi connectivity index (χ0) is 19.8. The zero-order valence-corrected chi connectivity index (χ0v) is 18.0. The average molecular weight is 407 g/mol. The molecule has 0 aromatic carbocycles. The summed E-state index contributed by atoms with van der Waals surface area (Å²) in [5.74, 6) is 0.367. The fourth-order valence-corrected chi connectivity index (χ4v) is 5.50. The third-order valence-electron chi connectivity index (χ3n) is 4.44. The first kappa shape index (κ1) is 20.1. The molecule has 1 aliphatic carbocycles. The molecule has 146 valence electrons. The third kappa shape index (κ3) is 4.79. The molecule has 0 saturated carbocycles. The molecule has 8 heteroatoms. The van der Waals surface area contributed by atoms with Crippen molar-refractivity contribution >= 4 is 45.3 Å². The van der Waals surface area contributed by atoms with Gasteiger partial charge in [-0.2, -0.15) is 0 Å². The van der Waals surface area contributed by atoms with Gasteiger partial charge in [0, 0.05) is 15.8 Å². The highest BCUT2D eigenvalue weighted by atomic mass is 32.2. The summed E-state index contributed by atoms with van der Waals surface area (Å²) in [6.45, 7) is 9.68. The Kier molecular flexibility index (Phi) is 5.76. The lowest BCUT2D eigenvalue weighted by molar-refractivity contribution is -0.119. The van der Waals surface area contributed by atoms with Crippen molar-refractivity contribution in [1.82, 2.24) is 20.6 Å². The van der Waals surface area contributed by atoms with Gasteiger partial charge in [-0.3, -0.25) is 10.1 Å². The monoisotopic (exact) mass is 406 g/mol. The number of fused-ring (bicyclic) bond motifs is 3. The lowest BCUT2D eigenvalue weighted by Gasteiger charge is -2.21. The van der Waals surface area contributed by atoms with Crippen LogP contribution < -0.4 is 10.6 Å². The molecule has 0 bridgehead atoms. The Bertz CT molecular complexity index is 872. The first-order valence-corrected chi connectivity index (χ1v) is 10.9. The van der Waals surface area contributed by atoms with Gasteiger partial charge in [0.25, 0.3) is 0 Å². The minimum Gasteiger partial charge on any atom is -0.333 e. The number of urea groups is 1. The Morgan fingerprint density at radius 2 is 2.07 bits per heavy atom. The summed E-state index contributed by atoms with van der Waals surface area (Å²) in [4.78, 5) is 35.6. The van der Waals surface area contributed by atoms with Gasteiger partial charge in [0.15, 0.2) is 0 Å². The van der Waals surface area contributed by atoms with Gasteiger partial charge in [0.1, 0.15) is 16.2 Å². The topological polar surface area (TPSA) is 84.0 Å². The number of thiophene rings is 1. The molecular formula is C19H26N4O2S2. The fourth-order valence-electron chi connectivity index (χ4n) is 3.14. The third-order valence-corrected chi connectivity index (χ3v) is 6.70. The summed E-state index contributed by atoms with van der Waals surface area (Å²) >= 11 is 3.12. The van der Waals surface area contributed by atoms with Crippen LogP contribution in [0.3, 0.4) is 0 Å². The maximum absolute atomic E-state index is 12.4. The lowest BCUT2D eigenvalue weighted by atomic mass is 9.89. The predicted octanol–water partition coefficient (Wildman–Crippen LogP) is 3.92. The molecule has 0 unspecified atom stereocenters. The van der Waals surface area contributed by atoms with Gasteiger partial charge in [-0.05, 0) is 58.4 Å². The summed E-state index contributed by atoms with van der Waals surface area (Å²) in [6.07, 6.45) is 4.85. The molecule has 0 radical (unpaired) electrons. The van der Waals surface area contributed by atoms with E-state index in [1.165, 1.54) is 28.6 Å². The van der Waals surface area contributed by atoms with Gasteiger partial charge >= 0.3 is 6.03 Å². The summed E-state index contributed by atoms with van der Waals surface area (Å²) in [6, 6.07) is -0.477. The molecule has 3 amide bonds. The first-order chi connectivity index (χ1) is 12.6. The van der Waals surface area contributed by atoms with Gasteiger partial charge in [-0.25, -0.2) is 14.8 Å². The van der Waals surface area contributed by atoms with E-state index in [2.05, 4.69) is 27.5 Å². The maximum Gasteiger partial charge on any atom is 0.321 e. The molecule has 2 atom stereocenters. The normalized spacial score (nSPS) is 18.0. The minimum absolute atomic E-state index is 0.328. The van der Waals surface area contributed by atoms with E-state index in [0.29, 0.717) is 5.92 Å². The van der Waals surface area contributed by atoms with Crippen molar-refractivity contribution in [1.29, 1.82) is 0 Å². The first-order valence-electron chi connectivity index (χ1n) is 9.19. The van der Waals surface area contributed by atoms with Crippen LogP contribution in [0, 0.1) is 5.92 Å². The van der Waals surface area contributed by atoms with Crippen LogP contribution in [0.15, 0.2) is 11.4 Å². The molecule has 27 heavy (non-hydrogen) atoms. The van der Waals surface area contributed by atoms with Crippen LogP contribution in [-0.2, 0) is 17.6 Å². The van der Waals surface area contributed by atoms with Crippen LogP contribution in [0.2, 0.25) is 0 Å². The Labute approximate surface area is 167 Å². The number of aryl methyl sites for hydroxylation is 1. The van der Waals surface area contributed by atoms with E-state index >= 15 is 0 Å². The second kappa shape index (κ2) is 7.75. The number of imide groups is 1. The quantitative estimate of drug-likeness (QED) is 0.596. The Balaban J connectivity index is 1.76. The predicted molar refractivity (Wildman–Crippen MR) is 110 cm³/mol. The number of nitrogens with zero attached hydrogens (tertiary/aromatic N) is 2. The van der Waals surface area contributed by atoms with Crippen LogP contribution in [-0.4, -0.2) is 32.7 Å². The molecule has 2 aromatic rings. The van der Waals surface area contributed by atoms with Gasteiger partial charge in [-0.1, -0.05) is 18.7 Å². The van der Waals surface area contributed by atoms with Crippen LogP contribution in [0.25, 0.3) is 10.2 Å². The van der Waals surface area contributed by atoms with Crippen molar-refractivity contribution in [2.24, 2.45) is 5.92 Å². The number of aromatic nitrogens is 2. The number of hydrogen-bond donors (Lipinski definition) is 2. The molecule has 0 saturated heterocycles. The average Bonchev–Trinajstić information content (AvgIpc) is 2.91. The second-order valence-electron chi connectivity index (χ2n) is 8.16. The van der Waals surface area contributed by atoms with Crippen LogP contribution in [0.5, 0.6) is 0 Å². The van der Waals surface area contributed by atoms with Gasteiger partial charge in [-0.15, -0.1) is 11.3 Å². The Hall–Kier alpha value is -1.67. The van der Waals surface area contributed by atoms with E-state index in [0.717, 1.165) is 28.1 Å². The summed E-state index contributed by atoms with van der Waals surface area (Å²) < 4.78 is 0. The molecule has 0 aliphatic heterocycles. The molecule has 2 aromatic heterocycles. The molecule has 3 rings (SSSR count). The van der Waals surface area contributed by atoms with Gasteiger partial charge in [0.05, 0.1) is 5.25 Å². The molecule has 1 aliphatic rings. The molecular weight excluding hydrogens is 380 g/mol. The standard InChI is InChI=1S/C19H26N4O2S2/c1-10-6-7-12-13(8-10)27-17-14(12)16(20-9-21-17)26-11(2)15(24)22-18(25)23-19(3,4)5/h9-11H,6-8H2,1-5H3,(H2,22,23,24,25)/t10-,11-/m0/s1. The van der Waals surface area contributed by atoms with Crippen molar-refractivity contribution in [3.05, 3.63) is 16.8 Å². The van der Waals surface area contributed by atoms with Crippen molar-refractivity contribution in [3.63, 3.8) is 0 Å². The van der Waals surface area contributed by atoms with Gasteiger partial charge in [0.2, 0.25) is 5.91 Å². The zero-order valence-electron chi connectivity index (χ0n) is 16.4. The SMILES string of the molecule is C[C@H]1CCc2c(sc3ncnc(S[C@@H](C)C(=O)NC(=O)NC(C)(C)C)c23)C1. The number of hydrogen-bond acceptors (Lipinski definition) is 6. The number of nitrogens with one attached hydrogen (secondary N) is 2. The number of rotatable bonds is 3. The second-order valence-corrected chi connectivity index (χ2v) is 10.6. The van der Waals surface area contributed by atoms with Crippen molar-refractivity contribution in [2.45, 2.75) is 69.7 Å².